The van der Waals surface area contributed by atoms with Gasteiger partial charge >= 0.3 is 0 Å². The fourth-order valence-electron chi connectivity index (χ4n) is 3.17. The van der Waals surface area contributed by atoms with Crippen LogP contribution in [0.3, 0.4) is 0 Å². The SMILES string of the molecule is CCCCCCCCCCCCCCCCc1ccccc1.Cl.N. The number of hydrogen-bond acceptors (Lipinski definition) is 1. The van der Waals surface area contributed by atoms with Gasteiger partial charge in [0.05, 0.1) is 0 Å². The minimum absolute atomic E-state index is 0. The molecule has 1 rings (SSSR count). The van der Waals surface area contributed by atoms with E-state index in [1.807, 2.05) is 0 Å². The van der Waals surface area contributed by atoms with Crippen LogP contribution in [0.2, 0.25) is 0 Å². The van der Waals surface area contributed by atoms with Gasteiger partial charge in [-0.2, -0.15) is 0 Å². The number of unbranched alkanes of at least 4 members (excludes halogenated alkanes) is 13. The largest absolute Gasteiger partial charge is 0.344 e. The zero-order valence-electron chi connectivity index (χ0n) is 16.1. The number of aryl methyl sites for hydroxylation is 1. The van der Waals surface area contributed by atoms with Gasteiger partial charge in [0.2, 0.25) is 0 Å². The van der Waals surface area contributed by atoms with E-state index in [4.69, 9.17) is 0 Å². The van der Waals surface area contributed by atoms with Gasteiger partial charge in [0.1, 0.15) is 0 Å². The van der Waals surface area contributed by atoms with E-state index in [2.05, 4.69) is 37.3 Å². The summed E-state index contributed by atoms with van der Waals surface area (Å²) in [7, 11) is 0. The van der Waals surface area contributed by atoms with Crippen LogP contribution in [-0.4, -0.2) is 0 Å². The normalized spacial score (nSPS) is 10.0. The maximum atomic E-state index is 2.29. The van der Waals surface area contributed by atoms with Crippen LogP contribution in [0.25, 0.3) is 0 Å². The van der Waals surface area contributed by atoms with Crippen molar-refractivity contribution in [1.29, 1.82) is 0 Å². The molecule has 1 nitrogen and oxygen atoms in total. The molecule has 0 aliphatic heterocycles. The average Bonchev–Trinajstić information content (AvgIpc) is 2.56. The molecule has 0 saturated carbocycles. The van der Waals surface area contributed by atoms with Crippen molar-refractivity contribution in [3.63, 3.8) is 0 Å². The Morgan fingerprint density at radius 2 is 0.917 bits per heavy atom. The van der Waals surface area contributed by atoms with E-state index in [0.29, 0.717) is 0 Å². The summed E-state index contributed by atoms with van der Waals surface area (Å²) < 4.78 is 0. The van der Waals surface area contributed by atoms with Crippen molar-refractivity contribution >= 4 is 12.4 Å². The molecule has 0 atom stereocenters. The fraction of sp³-hybridized carbons (Fsp3) is 0.727. The first-order valence-corrected chi connectivity index (χ1v) is 9.97. The van der Waals surface area contributed by atoms with Crippen LogP contribution < -0.4 is 6.15 Å². The Labute approximate surface area is 158 Å². The third-order valence-electron chi connectivity index (χ3n) is 4.66. The maximum Gasteiger partial charge on any atom is -0.0279 e. The first kappa shape index (κ1) is 25.7. The molecule has 0 heterocycles. The molecule has 2 heteroatoms. The molecule has 0 aliphatic carbocycles. The summed E-state index contributed by atoms with van der Waals surface area (Å²) >= 11 is 0. The van der Waals surface area contributed by atoms with Gasteiger partial charge in [-0.15, -0.1) is 12.4 Å². The summed E-state index contributed by atoms with van der Waals surface area (Å²) in [6.07, 6.45) is 21.5. The van der Waals surface area contributed by atoms with Crippen LogP contribution in [-0.2, 0) is 6.42 Å². The third-order valence-corrected chi connectivity index (χ3v) is 4.66. The Hall–Kier alpha value is -0.530. The average molecular weight is 356 g/mol. The summed E-state index contributed by atoms with van der Waals surface area (Å²) in [6.45, 7) is 2.29. The van der Waals surface area contributed by atoms with E-state index in [1.165, 1.54) is 102 Å². The predicted molar refractivity (Wildman–Crippen MR) is 113 cm³/mol. The second-order valence-corrected chi connectivity index (χ2v) is 6.83. The van der Waals surface area contributed by atoms with E-state index < -0.39 is 0 Å². The molecule has 0 bridgehead atoms. The first-order valence-electron chi connectivity index (χ1n) is 9.97. The molecule has 0 unspecified atom stereocenters. The number of benzene rings is 1. The van der Waals surface area contributed by atoms with Crippen molar-refractivity contribution in [3.8, 4) is 0 Å². The van der Waals surface area contributed by atoms with E-state index in [9.17, 15) is 0 Å². The van der Waals surface area contributed by atoms with Gasteiger partial charge in [-0.05, 0) is 18.4 Å². The molecule has 0 amide bonds. The smallest absolute Gasteiger partial charge is 0.0279 e. The highest BCUT2D eigenvalue weighted by molar-refractivity contribution is 5.85. The highest BCUT2D eigenvalue weighted by Gasteiger charge is 1.95. The monoisotopic (exact) mass is 355 g/mol. The van der Waals surface area contributed by atoms with Crippen molar-refractivity contribution in [2.75, 3.05) is 0 Å². The molecule has 0 fully saturated rings. The van der Waals surface area contributed by atoms with Crippen LogP contribution in [0, 0.1) is 0 Å². The summed E-state index contributed by atoms with van der Waals surface area (Å²) in [5.41, 5.74) is 1.50. The maximum absolute atomic E-state index is 2.29. The minimum atomic E-state index is 0. The van der Waals surface area contributed by atoms with Gasteiger partial charge in [-0.1, -0.05) is 121 Å². The molecule has 0 aliphatic rings. The lowest BCUT2D eigenvalue weighted by Gasteiger charge is -2.03. The number of rotatable bonds is 15. The summed E-state index contributed by atoms with van der Waals surface area (Å²) in [5, 5.41) is 0. The fourth-order valence-corrected chi connectivity index (χ4v) is 3.17. The predicted octanol–water partition coefficient (Wildman–Crippen LogP) is 8.29. The summed E-state index contributed by atoms with van der Waals surface area (Å²) in [5.74, 6) is 0. The van der Waals surface area contributed by atoms with Gasteiger partial charge in [0.15, 0.2) is 0 Å². The van der Waals surface area contributed by atoms with Crippen molar-refractivity contribution in [2.45, 2.75) is 103 Å². The first-order chi connectivity index (χ1) is 10.9. The lowest BCUT2D eigenvalue weighted by molar-refractivity contribution is 0.535. The molecule has 0 radical (unpaired) electrons. The van der Waals surface area contributed by atoms with Crippen molar-refractivity contribution < 1.29 is 0 Å². The van der Waals surface area contributed by atoms with E-state index in [0.717, 1.165) is 0 Å². The Balaban J connectivity index is 0. The Morgan fingerprint density at radius 1 is 0.542 bits per heavy atom. The summed E-state index contributed by atoms with van der Waals surface area (Å²) in [4.78, 5) is 0. The molecule has 1 aromatic rings. The highest BCUT2D eigenvalue weighted by atomic mass is 35.5. The Kier molecular flexibility index (Phi) is 22.0. The van der Waals surface area contributed by atoms with Crippen LogP contribution in [0.15, 0.2) is 30.3 Å². The van der Waals surface area contributed by atoms with Gasteiger partial charge in [-0.25, -0.2) is 0 Å². The second-order valence-electron chi connectivity index (χ2n) is 6.83. The lowest BCUT2D eigenvalue weighted by atomic mass is 10.0. The molecule has 0 saturated heterocycles. The number of halogens is 1. The van der Waals surface area contributed by atoms with Crippen molar-refractivity contribution in [3.05, 3.63) is 35.9 Å². The standard InChI is InChI=1S/C22H38.ClH.H3N/c1-2-3-4-5-6-7-8-9-10-11-12-13-14-16-19-22-20-17-15-18-21-22;;/h15,17-18,20-21H,2-14,16,19H2,1H3;1H;1H3. The van der Waals surface area contributed by atoms with Gasteiger partial charge in [0.25, 0.3) is 0 Å². The van der Waals surface area contributed by atoms with Gasteiger partial charge in [-0.3, -0.25) is 0 Å². The molecule has 0 aromatic heterocycles. The molecule has 3 N–H and O–H groups in total. The van der Waals surface area contributed by atoms with Crippen LogP contribution in [0.1, 0.15) is 102 Å². The number of hydrogen-bond donors (Lipinski definition) is 1. The van der Waals surface area contributed by atoms with Crippen molar-refractivity contribution in [2.24, 2.45) is 0 Å². The van der Waals surface area contributed by atoms with Crippen LogP contribution >= 0.6 is 12.4 Å². The highest BCUT2D eigenvalue weighted by Crippen LogP contribution is 2.13. The van der Waals surface area contributed by atoms with Crippen LogP contribution in [0.5, 0.6) is 0 Å². The second kappa shape index (κ2) is 20.5. The molecule has 24 heavy (non-hydrogen) atoms. The van der Waals surface area contributed by atoms with Gasteiger partial charge in [0, 0.05) is 0 Å². The zero-order chi connectivity index (χ0) is 15.7. The Morgan fingerprint density at radius 3 is 1.33 bits per heavy atom. The van der Waals surface area contributed by atoms with E-state index in [-0.39, 0.29) is 18.6 Å². The molecule has 142 valence electrons. The quantitative estimate of drug-likeness (QED) is 0.315. The van der Waals surface area contributed by atoms with Crippen molar-refractivity contribution in [1.82, 2.24) is 6.15 Å². The third kappa shape index (κ3) is 16.3. The Bertz CT molecular complexity index is 326. The van der Waals surface area contributed by atoms with E-state index in [1.54, 1.807) is 0 Å². The topological polar surface area (TPSA) is 35.0 Å². The minimum Gasteiger partial charge on any atom is -0.344 e. The lowest BCUT2D eigenvalue weighted by Crippen LogP contribution is -1.86. The molecule has 0 spiro atoms. The molecular weight excluding hydrogens is 314 g/mol. The molecular formula is C22H42ClN. The zero-order valence-corrected chi connectivity index (χ0v) is 16.9. The molecule has 1 aromatic carbocycles. The van der Waals surface area contributed by atoms with E-state index >= 15 is 0 Å². The summed E-state index contributed by atoms with van der Waals surface area (Å²) in [6, 6.07) is 10.9. The van der Waals surface area contributed by atoms with Crippen LogP contribution in [0.4, 0.5) is 0 Å². The van der Waals surface area contributed by atoms with Gasteiger partial charge < -0.3 is 6.15 Å².